The quantitative estimate of drug-likeness (QED) is 0.567. The van der Waals surface area contributed by atoms with Crippen LogP contribution < -0.4 is 0 Å². The second-order valence-electron chi connectivity index (χ2n) is 3.48. The number of halogens is 3. The van der Waals surface area contributed by atoms with Gasteiger partial charge in [0.1, 0.15) is 0 Å². The summed E-state index contributed by atoms with van der Waals surface area (Å²) in [4.78, 5) is 23.3. The zero-order valence-electron chi connectivity index (χ0n) is 8.94. The Bertz CT molecular complexity index is 279. The number of amides is 2. The standard InChI is InChI=1S/C8H12F3N3O3/c9-8(10,11)17-6-5-14(12-16)7(15)13-3-1-2-4-13/h1-6H2. The second-order valence-corrected chi connectivity index (χ2v) is 3.48. The summed E-state index contributed by atoms with van der Waals surface area (Å²) in [5.41, 5.74) is 0. The highest BCUT2D eigenvalue weighted by molar-refractivity contribution is 5.74. The predicted molar refractivity (Wildman–Crippen MR) is 50.7 cm³/mol. The fourth-order valence-electron chi connectivity index (χ4n) is 1.49. The summed E-state index contributed by atoms with van der Waals surface area (Å²) in [6.07, 6.45) is -3.14. The van der Waals surface area contributed by atoms with Gasteiger partial charge in [-0.3, -0.25) is 4.74 Å². The first-order valence-electron chi connectivity index (χ1n) is 5.04. The Morgan fingerprint density at radius 3 is 2.41 bits per heavy atom. The molecule has 1 fully saturated rings. The fraction of sp³-hybridized carbons (Fsp3) is 0.875. The van der Waals surface area contributed by atoms with Gasteiger partial charge in [0.2, 0.25) is 0 Å². The Kier molecular flexibility index (Phi) is 4.67. The average molecular weight is 255 g/mol. The molecule has 1 heterocycles. The van der Waals surface area contributed by atoms with Gasteiger partial charge >= 0.3 is 12.4 Å². The van der Waals surface area contributed by atoms with Crippen LogP contribution in [-0.2, 0) is 4.74 Å². The number of carbonyl (C=O) groups is 1. The summed E-state index contributed by atoms with van der Waals surface area (Å²) in [5.74, 6) is 0. The van der Waals surface area contributed by atoms with E-state index in [9.17, 15) is 22.9 Å². The zero-order valence-corrected chi connectivity index (χ0v) is 8.94. The van der Waals surface area contributed by atoms with Gasteiger partial charge in [0.15, 0.2) is 0 Å². The van der Waals surface area contributed by atoms with Crippen molar-refractivity contribution in [2.75, 3.05) is 26.2 Å². The number of carbonyl (C=O) groups excluding carboxylic acids is 1. The number of rotatable bonds is 4. The highest BCUT2D eigenvalue weighted by Gasteiger charge is 2.30. The van der Waals surface area contributed by atoms with Gasteiger partial charge in [-0.2, -0.15) is 5.01 Å². The van der Waals surface area contributed by atoms with Crippen molar-refractivity contribution >= 4 is 6.03 Å². The van der Waals surface area contributed by atoms with Crippen molar-refractivity contribution < 1.29 is 22.7 Å². The predicted octanol–water partition coefficient (Wildman–Crippen LogP) is 1.72. The summed E-state index contributed by atoms with van der Waals surface area (Å²) in [6.45, 7) is -0.344. The first kappa shape index (κ1) is 13.7. The minimum atomic E-state index is -4.77. The Morgan fingerprint density at radius 2 is 1.94 bits per heavy atom. The van der Waals surface area contributed by atoms with E-state index in [1.807, 2.05) is 0 Å². The van der Waals surface area contributed by atoms with Crippen LogP contribution >= 0.6 is 0 Å². The zero-order chi connectivity index (χ0) is 12.9. The van der Waals surface area contributed by atoms with Crippen LogP contribution in [0.4, 0.5) is 18.0 Å². The number of nitrogens with zero attached hydrogens (tertiary/aromatic N) is 3. The third-order valence-corrected chi connectivity index (χ3v) is 2.26. The number of urea groups is 1. The first-order valence-corrected chi connectivity index (χ1v) is 5.04. The molecule has 1 saturated heterocycles. The van der Waals surface area contributed by atoms with E-state index in [0.29, 0.717) is 18.1 Å². The Balaban J connectivity index is 2.37. The van der Waals surface area contributed by atoms with Gasteiger partial charge in [0, 0.05) is 13.1 Å². The van der Waals surface area contributed by atoms with Gasteiger partial charge < -0.3 is 4.90 Å². The number of nitroso groups, excluding NO2 is 1. The molecule has 98 valence electrons. The molecule has 6 nitrogen and oxygen atoms in total. The molecule has 0 aromatic carbocycles. The molecular weight excluding hydrogens is 243 g/mol. The van der Waals surface area contributed by atoms with Crippen molar-refractivity contribution in [3.8, 4) is 0 Å². The van der Waals surface area contributed by atoms with Crippen LogP contribution in [0.5, 0.6) is 0 Å². The summed E-state index contributed by atoms with van der Waals surface area (Å²) in [7, 11) is 0. The average Bonchev–Trinajstić information content (AvgIpc) is 2.75. The third-order valence-electron chi connectivity index (χ3n) is 2.26. The molecule has 0 bridgehead atoms. The second kappa shape index (κ2) is 5.80. The first-order chi connectivity index (χ1) is 7.94. The molecule has 1 aliphatic heterocycles. The Hall–Kier alpha value is -1.38. The molecule has 0 aromatic rings. The molecule has 0 saturated carbocycles. The Labute approximate surface area is 95.2 Å². The van der Waals surface area contributed by atoms with Gasteiger partial charge in [0.05, 0.1) is 18.4 Å². The molecule has 2 amide bonds. The number of alkyl halides is 3. The summed E-state index contributed by atoms with van der Waals surface area (Å²) in [5, 5.41) is 2.84. The molecule has 0 atom stereocenters. The fourth-order valence-corrected chi connectivity index (χ4v) is 1.49. The minimum absolute atomic E-state index is 0.442. The van der Waals surface area contributed by atoms with Crippen LogP contribution in [0.1, 0.15) is 12.8 Å². The number of likely N-dealkylation sites (tertiary alicyclic amines) is 1. The van der Waals surface area contributed by atoms with Gasteiger partial charge in [-0.1, -0.05) is 0 Å². The van der Waals surface area contributed by atoms with E-state index in [1.165, 1.54) is 4.90 Å². The van der Waals surface area contributed by atoms with E-state index in [1.54, 1.807) is 0 Å². The SMILES string of the molecule is O=NN(CCOC(F)(F)F)C(=O)N1CCCC1. The van der Waals surface area contributed by atoms with Crippen LogP contribution in [0.2, 0.25) is 0 Å². The van der Waals surface area contributed by atoms with Crippen molar-refractivity contribution in [1.29, 1.82) is 0 Å². The normalized spacial score (nSPS) is 16.1. The van der Waals surface area contributed by atoms with Crippen molar-refractivity contribution in [3.05, 3.63) is 4.91 Å². The third kappa shape index (κ3) is 4.55. The van der Waals surface area contributed by atoms with Gasteiger partial charge in [-0.05, 0) is 12.8 Å². The van der Waals surface area contributed by atoms with Crippen LogP contribution in [0.3, 0.4) is 0 Å². The minimum Gasteiger partial charge on any atom is -0.323 e. The lowest BCUT2D eigenvalue weighted by Crippen LogP contribution is -2.40. The van der Waals surface area contributed by atoms with E-state index < -0.39 is 25.5 Å². The smallest absolute Gasteiger partial charge is 0.323 e. The van der Waals surface area contributed by atoms with Crippen molar-refractivity contribution in [2.45, 2.75) is 19.2 Å². The number of hydrogen-bond acceptors (Lipinski definition) is 4. The molecule has 17 heavy (non-hydrogen) atoms. The summed E-state index contributed by atoms with van der Waals surface area (Å²) in [6, 6.07) is -0.678. The summed E-state index contributed by atoms with van der Waals surface area (Å²) >= 11 is 0. The monoisotopic (exact) mass is 255 g/mol. The van der Waals surface area contributed by atoms with Crippen molar-refractivity contribution in [3.63, 3.8) is 0 Å². The molecule has 0 radical (unpaired) electrons. The topological polar surface area (TPSA) is 62.2 Å². The van der Waals surface area contributed by atoms with Gasteiger partial charge in [-0.25, -0.2) is 4.79 Å². The summed E-state index contributed by atoms with van der Waals surface area (Å²) < 4.78 is 38.5. The lowest BCUT2D eigenvalue weighted by molar-refractivity contribution is -0.324. The highest BCUT2D eigenvalue weighted by atomic mass is 19.4. The molecule has 9 heteroatoms. The maximum Gasteiger partial charge on any atom is 0.522 e. The number of hydrogen-bond donors (Lipinski definition) is 0. The molecule has 0 aliphatic carbocycles. The largest absolute Gasteiger partial charge is 0.522 e. The molecule has 0 spiro atoms. The lowest BCUT2D eigenvalue weighted by Gasteiger charge is -2.21. The van der Waals surface area contributed by atoms with E-state index in [-0.39, 0.29) is 0 Å². The van der Waals surface area contributed by atoms with Crippen LogP contribution in [0.25, 0.3) is 0 Å². The number of ether oxygens (including phenoxy) is 1. The maximum absolute atomic E-state index is 11.7. The molecule has 1 rings (SSSR count). The van der Waals surface area contributed by atoms with Gasteiger partial charge in [-0.15, -0.1) is 18.1 Å². The van der Waals surface area contributed by atoms with E-state index in [2.05, 4.69) is 10.0 Å². The van der Waals surface area contributed by atoms with Crippen LogP contribution in [0.15, 0.2) is 5.29 Å². The van der Waals surface area contributed by atoms with Crippen molar-refractivity contribution in [2.24, 2.45) is 5.29 Å². The van der Waals surface area contributed by atoms with Crippen LogP contribution in [0, 0.1) is 4.91 Å². The van der Waals surface area contributed by atoms with E-state index in [0.717, 1.165) is 12.8 Å². The lowest BCUT2D eigenvalue weighted by atomic mass is 10.4. The molecule has 1 aliphatic rings. The van der Waals surface area contributed by atoms with E-state index in [4.69, 9.17) is 0 Å². The molecule has 0 N–H and O–H groups in total. The van der Waals surface area contributed by atoms with Crippen LogP contribution in [-0.4, -0.2) is 48.5 Å². The van der Waals surface area contributed by atoms with Gasteiger partial charge in [0.25, 0.3) is 0 Å². The molecule has 0 aromatic heterocycles. The highest BCUT2D eigenvalue weighted by Crippen LogP contribution is 2.16. The molecule has 0 unspecified atom stereocenters. The van der Waals surface area contributed by atoms with E-state index >= 15 is 0 Å². The Morgan fingerprint density at radius 1 is 1.35 bits per heavy atom. The maximum atomic E-state index is 11.7. The molecular formula is C8H12F3N3O3. The van der Waals surface area contributed by atoms with Crippen molar-refractivity contribution in [1.82, 2.24) is 9.91 Å².